The third-order valence-corrected chi connectivity index (χ3v) is 2.98. The summed E-state index contributed by atoms with van der Waals surface area (Å²) in [4.78, 5) is 21.1. The summed E-state index contributed by atoms with van der Waals surface area (Å²) in [5.74, 6) is 0.215. The molecule has 0 atom stereocenters. The second-order valence-corrected chi connectivity index (χ2v) is 5.95. The standard InChI is InChI=1S/C9H14O.C7H8O3/c1-7-4-8(10)6-9(2,3)5-7;8-7(9)4-3-6-2-1-5-10-6/h4H,5-6H2,1-3H3;1-2,5H,3-4H2,(H,8,9). The van der Waals surface area contributed by atoms with Crippen molar-refractivity contribution in [2.75, 3.05) is 0 Å². The zero-order chi connectivity index (χ0) is 15.2. The molecule has 1 heterocycles. The molecule has 0 radical (unpaired) electrons. The maximum Gasteiger partial charge on any atom is 0.303 e. The van der Waals surface area contributed by atoms with Crippen LogP contribution >= 0.6 is 0 Å². The number of carbonyl (C=O) groups is 2. The fraction of sp³-hybridized carbons (Fsp3) is 0.500. The van der Waals surface area contributed by atoms with Crippen LogP contribution in [-0.2, 0) is 16.0 Å². The van der Waals surface area contributed by atoms with E-state index < -0.39 is 5.97 Å². The molecule has 0 bridgehead atoms. The van der Waals surface area contributed by atoms with E-state index in [1.807, 2.05) is 6.92 Å². The number of carboxylic acid groups (broad SMARTS) is 1. The second-order valence-electron chi connectivity index (χ2n) is 5.95. The molecular formula is C16H22O4. The fourth-order valence-corrected chi connectivity index (χ4v) is 2.35. The number of aliphatic carboxylic acids is 1. The Morgan fingerprint density at radius 1 is 1.40 bits per heavy atom. The Labute approximate surface area is 119 Å². The largest absolute Gasteiger partial charge is 0.481 e. The summed E-state index contributed by atoms with van der Waals surface area (Å²) in [6.45, 7) is 6.31. The van der Waals surface area contributed by atoms with Gasteiger partial charge in [0.05, 0.1) is 12.7 Å². The lowest BCUT2D eigenvalue weighted by Gasteiger charge is -2.27. The van der Waals surface area contributed by atoms with E-state index in [4.69, 9.17) is 9.52 Å². The highest BCUT2D eigenvalue weighted by molar-refractivity contribution is 5.91. The smallest absolute Gasteiger partial charge is 0.303 e. The fourth-order valence-electron chi connectivity index (χ4n) is 2.35. The molecule has 2 rings (SSSR count). The number of hydrogen-bond acceptors (Lipinski definition) is 3. The minimum absolute atomic E-state index is 0.132. The van der Waals surface area contributed by atoms with Gasteiger partial charge in [0, 0.05) is 12.8 Å². The van der Waals surface area contributed by atoms with Crippen molar-refractivity contribution in [1.82, 2.24) is 0 Å². The zero-order valence-electron chi connectivity index (χ0n) is 12.3. The highest BCUT2D eigenvalue weighted by Gasteiger charge is 2.25. The van der Waals surface area contributed by atoms with Crippen molar-refractivity contribution in [3.63, 3.8) is 0 Å². The first kappa shape index (κ1) is 16.2. The summed E-state index contributed by atoms with van der Waals surface area (Å²) in [6, 6.07) is 3.51. The van der Waals surface area contributed by atoms with Crippen LogP contribution < -0.4 is 0 Å². The topological polar surface area (TPSA) is 67.5 Å². The minimum Gasteiger partial charge on any atom is -0.481 e. The Morgan fingerprint density at radius 2 is 2.10 bits per heavy atom. The van der Waals surface area contributed by atoms with Crippen LogP contribution in [0.25, 0.3) is 0 Å². The van der Waals surface area contributed by atoms with Crippen LogP contribution in [0.1, 0.15) is 45.8 Å². The van der Waals surface area contributed by atoms with Crippen molar-refractivity contribution in [2.45, 2.75) is 46.5 Å². The van der Waals surface area contributed by atoms with Crippen LogP contribution in [0.2, 0.25) is 0 Å². The number of carboxylic acids is 1. The van der Waals surface area contributed by atoms with Crippen LogP contribution in [-0.4, -0.2) is 16.9 Å². The van der Waals surface area contributed by atoms with E-state index in [0.717, 1.165) is 12.2 Å². The summed E-state index contributed by atoms with van der Waals surface area (Å²) in [5, 5.41) is 8.27. The molecule has 0 saturated heterocycles. The van der Waals surface area contributed by atoms with E-state index in [1.165, 1.54) is 11.8 Å². The van der Waals surface area contributed by atoms with Crippen LogP contribution in [0, 0.1) is 5.41 Å². The first-order valence-electron chi connectivity index (χ1n) is 6.73. The van der Waals surface area contributed by atoms with Crippen LogP contribution in [0.4, 0.5) is 0 Å². The predicted octanol–water partition coefficient (Wildman–Crippen LogP) is 3.62. The lowest BCUT2D eigenvalue weighted by atomic mass is 9.77. The highest BCUT2D eigenvalue weighted by atomic mass is 16.4. The predicted molar refractivity (Wildman–Crippen MR) is 76.4 cm³/mol. The lowest BCUT2D eigenvalue weighted by Crippen LogP contribution is -2.20. The lowest BCUT2D eigenvalue weighted by molar-refractivity contribution is -0.137. The molecule has 1 aliphatic carbocycles. The van der Waals surface area contributed by atoms with Crippen LogP contribution in [0.15, 0.2) is 34.5 Å². The average Bonchev–Trinajstić information content (AvgIpc) is 2.76. The molecule has 1 aromatic rings. The van der Waals surface area contributed by atoms with Gasteiger partial charge in [-0.15, -0.1) is 0 Å². The number of hydrogen-bond donors (Lipinski definition) is 1. The van der Waals surface area contributed by atoms with Gasteiger partial charge in [-0.2, -0.15) is 0 Å². The van der Waals surface area contributed by atoms with E-state index >= 15 is 0 Å². The number of ketones is 1. The Kier molecular flexibility index (Phi) is 5.74. The van der Waals surface area contributed by atoms with E-state index in [1.54, 1.807) is 18.2 Å². The minimum atomic E-state index is -0.795. The third kappa shape index (κ3) is 6.36. The summed E-state index contributed by atoms with van der Waals surface area (Å²) in [7, 11) is 0. The molecule has 4 nitrogen and oxygen atoms in total. The molecule has 1 N–H and O–H groups in total. The van der Waals surface area contributed by atoms with Gasteiger partial charge >= 0.3 is 5.97 Å². The normalized spacial score (nSPS) is 16.9. The highest BCUT2D eigenvalue weighted by Crippen LogP contribution is 2.32. The van der Waals surface area contributed by atoms with Crippen molar-refractivity contribution in [3.8, 4) is 0 Å². The maximum atomic E-state index is 11.0. The summed E-state index contributed by atoms with van der Waals surface area (Å²) >= 11 is 0. The van der Waals surface area contributed by atoms with Gasteiger partial charge in [0.1, 0.15) is 5.76 Å². The van der Waals surface area contributed by atoms with Gasteiger partial charge in [0.25, 0.3) is 0 Å². The molecule has 0 aliphatic heterocycles. The first-order valence-corrected chi connectivity index (χ1v) is 6.73. The van der Waals surface area contributed by atoms with Crippen molar-refractivity contribution in [1.29, 1.82) is 0 Å². The SMILES string of the molecule is CC1=CC(=O)CC(C)(C)C1.O=C(O)CCc1ccco1. The van der Waals surface area contributed by atoms with Crippen molar-refractivity contribution in [2.24, 2.45) is 5.41 Å². The van der Waals surface area contributed by atoms with E-state index in [-0.39, 0.29) is 17.6 Å². The second kappa shape index (κ2) is 7.08. The molecule has 0 fully saturated rings. The van der Waals surface area contributed by atoms with Gasteiger partial charge in [0.15, 0.2) is 5.78 Å². The number of carbonyl (C=O) groups excluding carboxylic acids is 1. The molecule has 0 aromatic carbocycles. The summed E-state index contributed by atoms with van der Waals surface area (Å²) in [5.41, 5.74) is 1.43. The number of furan rings is 1. The first-order chi connectivity index (χ1) is 9.28. The Balaban J connectivity index is 0.000000200. The monoisotopic (exact) mass is 278 g/mol. The molecule has 20 heavy (non-hydrogen) atoms. The average molecular weight is 278 g/mol. The number of aryl methyl sites for hydroxylation is 1. The zero-order valence-corrected chi connectivity index (χ0v) is 12.3. The van der Waals surface area contributed by atoms with Crippen LogP contribution in [0.5, 0.6) is 0 Å². The van der Waals surface area contributed by atoms with Gasteiger partial charge in [-0.1, -0.05) is 19.4 Å². The maximum absolute atomic E-state index is 11.0. The molecule has 4 heteroatoms. The van der Waals surface area contributed by atoms with E-state index in [2.05, 4.69) is 13.8 Å². The van der Waals surface area contributed by atoms with Crippen molar-refractivity contribution < 1.29 is 19.1 Å². The molecule has 0 amide bonds. The molecule has 0 unspecified atom stereocenters. The van der Waals surface area contributed by atoms with Crippen molar-refractivity contribution in [3.05, 3.63) is 35.8 Å². The molecule has 0 saturated carbocycles. The quantitative estimate of drug-likeness (QED) is 0.917. The third-order valence-electron chi connectivity index (χ3n) is 2.98. The Bertz CT molecular complexity index is 481. The number of rotatable bonds is 3. The van der Waals surface area contributed by atoms with E-state index in [0.29, 0.717) is 12.8 Å². The number of allylic oxidation sites excluding steroid dienone is 2. The van der Waals surface area contributed by atoms with E-state index in [9.17, 15) is 9.59 Å². The Hall–Kier alpha value is -1.84. The van der Waals surface area contributed by atoms with Crippen molar-refractivity contribution >= 4 is 11.8 Å². The molecular weight excluding hydrogens is 256 g/mol. The molecule has 1 aliphatic rings. The Morgan fingerprint density at radius 3 is 2.55 bits per heavy atom. The van der Waals surface area contributed by atoms with Gasteiger partial charge in [-0.3, -0.25) is 9.59 Å². The molecule has 0 spiro atoms. The molecule has 1 aromatic heterocycles. The van der Waals surface area contributed by atoms with Crippen LogP contribution in [0.3, 0.4) is 0 Å². The summed E-state index contributed by atoms with van der Waals surface area (Å²) < 4.78 is 4.92. The molecule has 110 valence electrons. The van der Waals surface area contributed by atoms with Gasteiger partial charge in [-0.25, -0.2) is 0 Å². The van der Waals surface area contributed by atoms with Gasteiger partial charge in [-0.05, 0) is 37.0 Å². The van der Waals surface area contributed by atoms with Gasteiger partial charge in [0.2, 0.25) is 0 Å². The summed E-state index contributed by atoms with van der Waals surface area (Å²) in [6.07, 6.45) is 5.70. The van der Waals surface area contributed by atoms with Gasteiger partial charge < -0.3 is 9.52 Å².